The topological polar surface area (TPSA) is 53.1 Å². The predicted molar refractivity (Wildman–Crippen MR) is 47.9 cm³/mol. The van der Waals surface area contributed by atoms with Crippen molar-refractivity contribution in [2.45, 2.75) is 19.9 Å². The van der Waals surface area contributed by atoms with Crippen molar-refractivity contribution in [2.75, 3.05) is 19.5 Å². The lowest BCUT2D eigenvalue weighted by Crippen LogP contribution is -2.06. The highest BCUT2D eigenvalue weighted by molar-refractivity contribution is 5.29. The van der Waals surface area contributed by atoms with Gasteiger partial charge in [0.05, 0.1) is 5.69 Å². The number of nitrogens with two attached hydrogens (primary N) is 1. The summed E-state index contributed by atoms with van der Waals surface area (Å²) in [5.41, 5.74) is 6.65. The Kier molecular flexibility index (Phi) is 3.10. The van der Waals surface area contributed by atoms with Crippen LogP contribution in [0.2, 0.25) is 0 Å². The summed E-state index contributed by atoms with van der Waals surface area (Å²) in [5.74, 6) is 0.726. The lowest BCUT2D eigenvalue weighted by atomic mass is 10.4. The number of methoxy groups -OCH3 is 1. The highest BCUT2D eigenvalue weighted by atomic mass is 16.5. The first-order valence-electron chi connectivity index (χ1n) is 4.03. The van der Waals surface area contributed by atoms with E-state index in [0.29, 0.717) is 0 Å². The maximum atomic E-state index is 5.68. The van der Waals surface area contributed by atoms with Gasteiger partial charge in [-0.1, -0.05) is 0 Å². The Hall–Kier alpha value is -1.03. The molecule has 0 aliphatic rings. The van der Waals surface area contributed by atoms with Crippen molar-refractivity contribution >= 4 is 5.82 Å². The van der Waals surface area contributed by atoms with Crippen LogP contribution in [0.1, 0.15) is 12.1 Å². The molecule has 0 unspecified atom stereocenters. The summed E-state index contributed by atoms with van der Waals surface area (Å²) in [6, 6.07) is 1.87. The van der Waals surface area contributed by atoms with Crippen LogP contribution in [0, 0.1) is 6.92 Å². The molecule has 0 aliphatic carbocycles. The summed E-state index contributed by atoms with van der Waals surface area (Å²) in [6.07, 6.45) is 0.946. The van der Waals surface area contributed by atoms with Crippen molar-refractivity contribution < 1.29 is 4.74 Å². The molecule has 1 rings (SSSR count). The number of nitrogens with zero attached hydrogens (tertiary/aromatic N) is 2. The molecule has 4 heteroatoms. The summed E-state index contributed by atoms with van der Waals surface area (Å²) in [4.78, 5) is 0. The zero-order valence-electron chi connectivity index (χ0n) is 7.58. The van der Waals surface area contributed by atoms with Crippen molar-refractivity contribution in [1.29, 1.82) is 0 Å². The van der Waals surface area contributed by atoms with Gasteiger partial charge in [0, 0.05) is 26.3 Å². The van der Waals surface area contributed by atoms with Crippen LogP contribution in [-0.2, 0) is 11.3 Å². The summed E-state index contributed by atoms with van der Waals surface area (Å²) >= 11 is 0. The molecule has 1 aromatic rings. The average molecular weight is 169 g/mol. The number of aryl methyl sites for hydroxylation is 2. The minimum absolute atomic E-state index is 0.726. The van der Waals surface area contributed by atoms with Gasteiger partial charge in [-0.15, -0.1) is 0 Å². The third kappa shape index (κ3) is 2.23. The zero-order valence-corrected chi connectivity index (χ0v) is 7.58. The van der Waals surface area contributed by atoms with Crippen LogP contribution in [-0.4, -0.2) is 23.5 Å². The van der Waals surface area contributed by atoms with Gasteiger partial charge >= 0.3 is 0 Å². The second-order valence-electron chi connectivity index (χ2n) is 2.78. The molecule has 1 aromatic heterocycles. The van der Waals surface area contributed by atoms with E-state index in [1.165, 1.54) is 0 Å². The molecule has 12 heavy (non-hydrogen) atoms. The number of anilines is 1. The van der Waals surface area contributed by atoms with Crippen molar-refractivity contribution in [3.05, 3.63) is 11.8 Å². The van der Waals surface area contributed by atoms with Gasteiger partial charge in [-0.2, -0.15) is 5.10 Å². The van der Waals surface area contributed by atoms with Gasteiger partial charge in [0.1, 0.15) is 5.82 Å². The fourth-order valence-corrected chi connectivity index (χ4v) is 1.10. The van der Waals surface area contributed by atoms with Gasteiger partial charge in [-0.05, 0) is 13.3 Å². The first kappa shape index (κ1) is 9.06. The molecule has 0 fully saturated rings. The smallest absolute Gasteiger partial charge is 0.121 e. The Labute approximate surface area is 72.3 Å². The highest BCUT2D eigenvalue weighted by Gasteiger charge is 1.99. The zero-order chi connectivity index (χ0) is 8.97. The number of hydrogen-bond donors (Lipinski definition) is 1. The van der Waals surface area contributed by atoms with E-state index >= 15 is 0 Å². The van der Waals surface area contributed by atoms with Crippen molar-refractivity contribution in [3.8, 4) is 0 Å². The third-order valence-corrected chi connectivity index (χ3v) is 1.65. The van der Waals surface area contributed by atoms with Crippen LogP contribution >= 0.6 is 0 Å². The van der Waals surface area contributed by atoms with Crippen LogP contribution in [0.25, 0.3) is 0 Å². The summed E-state index contributed by atoms with van der Waals surface area (Å²) in [5, 5.41) is 4.22. The highest BCUT2D eigenvalue weighted by Crippen LogP contribution is 2.05. The molecule has 0 saturated heterocycles. The first-order chi connectivity index (χ1) is 5.74. The minimum Gasteiger partial charge on any atom is -0.385 e. The quantitative estimate of drug-likeness (QED) is 0.678. The first-order valence-corrected chi connectivity index (χ1v) is 4.03. The van der Waals surface area contributed by atoms with Crippen molar-refractivity contribution in [3.63, 3.8) is 0 Å². The van der Waals surface area contributed by atoms with Crippen LogP contribution in [0.3, 0.4) is 0 Å². The molecule has 0 bridgehead atoms. The second-order valence-corrected chi connectivity index (χ2v) is 2.78. The molecule has 0 atom stereocenters. The van der Waals surface area contributed by atoms with Gasteiger partial charge in [-0.3, -0.25) is 0 Å². The van der Waals surface area contributed by atoms with E-state index in [4.69, 9.17) is 10.5 Å². The van der Waals surface area contributed by atoms with Crippen LogP contribution in [0.4, 0.5) is 5.82 Å². The lowest BCUT2D eigenvalue weighted by Gasteiger charge is -2.02. The number of nitrogen functional groups attached to an aromatic ring is 1. The maximum Gasteiger partial charge on any atom is 0.121 e. The van der Waals surface area contributed by atoms with E-state index in [1.54, 1.807) is 11.8 Å². The fourth-order valence-electron chi connectivity index (χ4n) is 1.10. The van der Waals surface area contributed by atoms with Crippen molar-refractivity contribution in [2.24, 2.45) is 0 Å². The third-order valence-electron chi connectivity index (χ3n) is 1.65. The van der Waals surface area contributed by atoms with Gasteiger partial charge in [0.2, 0.25) is 0 Å². The van der Waals surface area contributed by atoms with E-state index < -0.39 is 0 Å². The van der Waals surface area contributed by atoms with Gasteiger partial charge < -0.3 is 10.5 Å². The largest absolute Gasteiger partial charge is 0.385 e. The van der Waals surface area contributed by atoms with E-state index in [-0.39, 0.29) is 0 Å². The number of rotatable bonds is 4. The van der Waals surface area contributed by atoms with E-state index in [0.717, 1.165) is 31.1 Å². The molecule has 0 amide bonds. The minimum atomic E-state index is 0.726. The van der Waals surface area contributed by atoms with E-state index in [1.807, 2.05) is 13.0 Å². The molecule has 0 aromatic carbocycles. The van der Waals surface area contributed by atoms with Crippen LogP contribution < -0.4 is 5.73 Å². The van der Waals surface area contributed by atoms with E-state index in [2.05, 4.69) is 5.10 Å². The lowest BCUT2D eigenvalue weighted by molar-refractivity contribution is 0.189. The Morgan fingerprint density at radius 1 is 1.67 bits per heavy atom. The number of ether oxygens (including phenoxy) is 1. The molecule has 4 nitrogen and oxygen atoms in total. The molecule has 0 saturated carbocycles. The Morgan fingerprint density at radius 3 is 2.92 bits per heavy atom. The molecular weight excluding hydrogens is 154 g/mol. The molecule has 0 radical (unpaired) electrons. The number of aromatic nitrogens is 2. The fraction of sp³-hybridized carbons (Fsp3) is 0.625. The van der Waals surface area contributed by atoms with Crippen molar-refractivity contribution in [1.82, 2.24) is 9.78 Å². The van der Waals surface area contributed by atoms with Gasteiger partial charge in [0.15, 0.2) is 0 Å². The molecule has 1 heterocycles. The van der Waals surface area contributed by atoms with E-state index in [9.17, 15) is 0 Å². The predicted octanol–water partition coefficient (Wildman–Crippen LogP) is 0.810. The molecule has 2 N–H and O–H groups in total. The standard InChI is InChI=1S/C8H15N3O/c1-7-6-8(9)11(10-7)4-3-5-12-2/h6H,3-5,9H2,1-2H3. The Bertz CT molecular complexity index is 244. The monoisotopic (exact) mass is 169 g/mol. The second kappa shape index (κ2) is 4.11. The Balaban J connectivity index is 2.45. The average Bonchev–Trinajstić information content (AvgIpc) is 2.31. The SMILES string of the molecule is COCCCn1nc(C)cc1N. The van der Waals surface area contributed by atoms with Gasteiger partial charge in [0.25, 0.3) is 0 Å². The normalized spacial score (nSPS) is 10.5. The Morgan fingerprint density at radius 2 is 2.42 bits per heavy atom. The molecule has 0 spiro atoms. The molecule has 68 valence electrons. The van der Waals surface area contributed by atoms with Crippen LogP contribution in [0.5, 0.6) is 0 Å². The molecule has 0 aliphatic heterocycles. The molecular formula is C8H15N3O. The number of hydrogen-bond acceptors (Lipinski definition) is 3. The van der Waals surface area contributed by atoms with Gasteiger partial charge in [-0.25, -0.2) is 4.68 Å². The summed E-state index contributed by atoms with van der Waals surface area (Å²) in [7, 11) is 1.69. The summed E-state index contributed by atoms with van der Waals surface area (Å²) < 4.78 is 6.73. The summed E-state index contributed by atoms with van der Waals surface area (Å²) in [6.45, 7) is 3.51. The maximum absolute atomic E-state index is 5.68. The van der Waals surface area contributed by atoms with Crippen LogP contribution in [0.15, 0.2) is 6.07 Å².